The average molecular weight is 440 g/mol. The smallest absolute Gasteiger partial charge is 0.268 e. The van der Waals surface area contributed by atoms with Crippen LogP contribution in [-0.4, -0.2) is 28.8 Å². The molecule has 1 aromatic carbocycles. The monoisotopic (exact) mass is 439 g/mol. The number of benzene rings is 1. The molecule has 0 bridgehead atoms. The van der Waals surface area contributed by atoms with Crippen molar-refractivity contribution in [3.63, 3.8) is 0 Å². The second-order valence-corrected chi connectivity index (χ2v) is 9.09. The first-order valence-corrected chi connectivity index (χ1v) is 10.4. The Bertz CT molecular complexity index is 1070. The van der Waals surface area contributed by atoms with Gasteiger partial charge in [-0.3, -0.25) is 4.79 Å². The third-order valence-electron chi connectivity index (χ3n) is 3.68. The number of halogens is 1. The van der Waals surface area contributed by atoms with Crippen LogP contribution in [0.5, 0.6) is 0 Å². The number of carbonyl (C=O) groups excluding carboxylic acids is 1. The minimum absolute atomic E-state index is 0.0656. The summed E-state index contributed by atoms with van der Waals surface area (Å²) in [5, 5.41) is 5.73. The fourth-order valence-electron chi connectivity index (χ4n) is 2.53. The third-order valence-corrected chi connectivity index (χ3v) is 7.01. The van der Waals surface area contributed by atoms with Crippen LogP contribution < -0.4 is 0 Å². The second-order valence-electron chi connectivity index (χ2n) is 5.37. The molecule has 1 aliphatic heterocycles. The second kappa shape index (κ2) is 6.04. The van der Waals surface area contributed by atoms with Crippen molar-refractivity contribution < 1.29 is 17.7 Å². The standard InChI is InChI=1S/C15H10BrN3O4S2/c16-10-5-12(24-7-10)14-17-13(23-18-14)6-19-15(20)11-4-2-1-3-9(11)8-25(19,21)22/h1-5,7H,6,8H2. The minimum Gasteiger partial charge on any atom is -0.337 e. The van der Waals surface area contributed by atoms with Gasteiger partial charge in [0.05, 0.1) is 10.6 Å². The van der Waals surface area contributed by atoms with Crippen LogP contribution in [0.2, 0.25) is 0 Å². The van der Waals surface area contributed by atoms with Crippen LogP contribution >= 0.6 is 27.3 Å². The van der Waals surface area contributed by atoms with E-state index in [1.165, 1.54) is 11.3 Å². The Morgan fingerprint density at radius 1 is 1.32 bits per heavy atom. The maximum Gasteiger partial charge on any atom is 0.268 e. The van der Waals surface area contributed by atoms with Crippen molar-refractivity contribution in [2.24, 2.45) is 0 Å². The summed E-state index contributed by atoms with van der Waals surface area (Å²) < 4.78 is 31.7. The highest BCUT2D eigenvalue weighted by molar-refractivity contribution is 9.10. The quantitative estimate of drug-likeness (QED) is 0.622. The van der Waals surface area contributed by atoms with E-state index < -0.39 is 15.9 Å². The van der Waals surface area contributed by atoms with Crippen LogP contribution in [0, 0.1) is 0 Å². The molecule has 10 heteroatoms. The van der Waals surface area contributed by atoms with E-state index in [1.807, 2.05) is 11.4 Å². The maximum absolute atomic E-state index is 12.6. The van der Waals surface area contributed by atoms with Gasteiger partial charge in [-0.2, -0.15) is 4.98 Å². The number of sulfonamides is 1. The minimum atomic E-state index is -3.78. The van der Waals surface area contributed by atoms with Gasteiger partial charge < -0.3 is 4.52 Å². The Balaban J connectivity index is 1.64. The van der Waals surface area contributed by atoms with Gasteiger partial charge in [-0.25, -0.2) is 12.7 Å². The molecule has 3 aromatic rings. The highest BCUT2D eigenvalue weighted by atomic mass is 79.9. The largest absolute Gasteiger partial charge is 0.337 e. The Labute approximate surface area is 155 Å². The number of thiophene rings is 1. The summed E-state index contributed by atoms with van der Waals surface area (Å²) in [5.74, 6) is -0.391. The van der Waals surface area contributed by atoms with Crippen molar-refractivity contribution in [1.29, 1.82) is 0 Å². The Kier molecular flexibility index (Phi) is 3.97. The predicted octanol–water partition coefficient (Wildman–Crippen LogP) is 3.05. The summed E-state index contributed by atoms with van der Waals surface area (Å²) in [5.41, 5.74) is 0.873. The van der Waals surface area contributed by atoms with E-state index >= 15 is 0 Å². The molecule has 4 rings (SSSR count). The van der Waals surface area contributed by atoms with Gasteiger partial charge in [-0.15, -0.1) is 11.3 Å². The zero-order chi connectivity index (χ0) is 17.6. The van der Waals surface area contributed by atoms with Gasteiger partial charge in [-0.1, -0.05) is 23.4 Å². The lowest BCUT2D eigenvalue weighted by Gasteiger charge is -2.26. The fraction of sp³-hybridized carbons (Fsp3) is 0.133. The number of aromatic nitrogens is 2. The molecule has 1 aliphatic rings. The molecular weight excluding hydrogens is 430 g/mol. The molecule has 0 radical (unpaired) electrons. The van der Waals surface area contributed by atoms with Crippen LogP contribution in [0.4, 0.5) is 0 Å². The van der Waals surface area contributed by atoms with Crippen LogP contribution in [0.3, 0.4) is 0 Å². The lowest BCUT2D eigenvalue weighted by molar-refractivity contribution is 0.0838. The zero-order valence-corrected chi connectivity index (χ0v) is 15.8. The molecule has 1 amide bonds. The van der Waals surface area contributed by atoms with E-state index in [0.717, 1.165) is 13.7 Å². The highest BCUT2D eigenvalue weighted by Gasteiger charge is 2.36. The zero-order valence-electron chi connectivity index (χ0n) is 12.5. The fourth-order valence-corrected chi connectivity index (χ4v) is 5.34. The van der Waals surface area contributed by atoms with E-state index in [9.17, 15) is 13.2 Å². The van der Waals surface area contributed by atoms with Gasteiger partial charge in [0.2, 0.25) is 21.7 Å². The molecule has 0 saturated carbocycles. The highest BCUT2D eigenvalue weighted by Crippen LogP contribution is 2.29. The van der Waals surface area contributed by atoms with Crippen LogP contribution in [0.1, 0.15) is 21.8 Å². The van der Waals surface area contributed by atoms with Crippen molar-refractivity contribution in [2.45, 2.75) is 12.3 Å². The third kappa shape index (κ3) is 3.00. The van der Waals surface area contributed by atoms with E-state index in [1.54, 1.807) is 24.3 Å². The van der Waals surface area contributed by atoms with Crippen molar-refractivity contribution in [3.05, 3.63) is 57.2 Å². The molecule has 0 spiro atoms. The average Bonchev–Trinajstić information content (AvgIpc) is 3.20. The Morgan fingerprint density at radius 2 is 2.12 bits per heavy atom. The van der Waals surface area contributed by atoms with Crippen LogP contribution in [-0.2, 0) is 22.3 Å². The predicted molar refractivity (Wildman–Crippen MR) is 94.3 cm³/mol. The maximum atomic E-state index is 12.6. The van der Waals surface area contributed by atoms with Crippen molar-refractivity contribution in [3.8, 4) is 10.7 Å². The van der Waals surface area contributed by atoms with Gasteiger partial charge in [0.1, 0.15) is 6.54 Å². The van der Waals surface area contributed by atoms with Gasteiger partial charge in [0.15, 0.2) is 0 Å². The van der Waals surface area contributed by atoms with E-state index in [0.29, 0.717) is 17.0 Å². The molecule has 0 saturated heterocycles. The van der Waals surface area contributed by atoms with Gasteiger partial charge in [0, 0.05) is 15.4 Å². The van der Waals surface area contributed by atoms with E-state index in [2.05, 4.69) is 26.1 Å². The van der Waals surface area contributed by atoms with Crippen molar-refractivity contribution in [2.75, 3.05) is 0 Å². The van der Waals surface area contributed by atoms with Crippen molar-refractivity contribution >= 4 is 43.2 Å². The summed E-state index contributed by atoms with van der Waals surface area (Å²) in [4.78, 5) is 17.5. The molecule has 2 aromatic heterocycles. The lowest BCUT2D eigenvalue weighted by atomic mass is 10.1. The van der Waals surface area contributed by atoms with Crippen LogP contribution in [0.15, 0.2) is 44.7 Å². The molecule has 7 nitrogen and oxygen atoms in total. The molecule has 25 heavy (non-hydrogen) atoms. The first kappa shape index (κ1) is 16.4. The SMILES string of the molecule is O=C1c2ccccc2CS(=O)(=O)N1Cc1nc(-c2cc(Br)cs2)no1. The van der Waals surface area contributed by atoms with E-state index in [-0.39, 0.29) is 18.2 Å². The molecule has 0 atom stereocenters. The number of nitrogens with zero attached hydrogens (tertiary/aromatic N) is 3. The van der Waals surface area contributed by atoms with Crippen LogP contribution in [0.25, 0.3) is 10.7 Å². The van der Waals surface area contributed by atoms with Gasteiger partial charge in [0.25, 0.3) is 5.91 Å². The number of hydrogen-bond acceptors (Lipinski definition) is 7. The number of hydrogen-bond donors (Lipinski definition) is 0. The molecule has 0 N–H and O–H groups in total. The Hall–Kier alpha value is -2.04. The number of fused-ring (bicyclic) bond motifs is 1. The summed E-state index contributed by atoms with van der Waals surface area (Å²) >= 11 is 4.77. The summed E-state index contributed by atoms with van der Waals surface area (Å²) in [6.07, 6.45) is 0. The normalized spacial score (nSPS) is 16.0. The van der Waals surface area contributed by atoms with Gasteiger partial charge in [-0.05, 0) is 33.6 Å². The molecule has 3 heterocycles. The first-order valence-electron chi connectivity index (χ1n) is 7.14. The molecule has 0 fully saturated rings. The van der Waals surface area contributed by atoms with Crippen molar-refractivity contribution in [1.82, 2.24) is 14.4 Å². The molecular formula is C15H10BrN3O4S2. The topological polar surface area (TPSA) is 93.4 Å². The summed E-state index contributed by atoms with van der Waals surface area (Å²) in [6, 6.07) is 8.49. The van der Waals surface area contributed by atoms with E-state index in [4.69, 9.17) is 4.52 Å². The molecule has 0 unspecified atom stereocenters. The number of amides is 1. The summed E-state index contributed by atoms with van der Waals surface area (Å²) in [6.45, 7) is -0.283. The molecule has 0 aliphatic carbocycles. The number of rotatable bonds is 3. The lowest BCUT2D eigenvalue weighted by Crippen LogP contribution is -2.41. The first-order chi connectivity index (χ1) is 11.9. The molecule has 128 valence electrons. The van der Waals surface area contributed by atoms with Gasteiger partial charge >= 0.3 is 0 Å². The number of carbonyl (C=O) groups is 1. The summed E-state index contributed by atoms with van der Waals surface area (Å²) in [7, 11) is -3.78. The Morgan fingerprint density at radius 3 is 2.88 bits per heavy atom.